The first kappa shape index (κ1) is 11.9. The molecule has 0 fully saturated rings. The van der Waals surface area contributed by atoms with Gasteiger partial charge in [0.15, 0.2) is 0 Å². The van der Waals surface area contributed by atoms with Gasteiger partial charge in [-0.1, -0.05) is 6.07 Å². The van der Waals surface area contributed by atoms with Crippen LogP contribution in [0.2, 0.25) is 0 Å². The van der Waals surface area contributed by atoms with Crippen molar-refractivity contribution in [1.82, 2.24) is 4.98 Å². The zero-order valence-electron chi connectivity index (χ0n) is 9.67. The minimum absolute atomic E-state index is 0.136. The third kappa shape index (κ3) is 2.58. The van der Waals surface area contributed by atoms with Crippen molar-refractivity contribution in [1.29, 1.82) is 0 Å². The molecule has 1 aromatic heterocycles. The fourth-order valence-corrected chi connectivity index (χ4v) is 2.50. The van der Waals surface area contributed by atoms with E-state index in [0.717, 1.165) is 21.3 Å². The van der Waals surface area contributed by atoms with Crippen LogP contribution in [-0.2, 0) is 0 Å². The predicted molar refractivity (Wildman–Crippen MR) is 72.4 cm³/mol. The maximum Gasteiger partial charge on any atom is 0.272 e. The summed E-state index contributed by atoms with van der Waals surface area (Å²) in [6, 6.07) is 7.56. The lowest BCUT2D eigenvalue weighted by atomic mass is 10.1. The van der Waals surface area contributed by atoms with E-state index in [9.17, 15) is 4.79 Å². The second-order valence-electron chi connectivity index (χ2n) is 3.98. The molecule has 2 aromatic rings. The SMILES string of the molecule is Cc1cc(C)c(NC(=O)c2ccc[nH]2)c(Br)c1. The number of anilines is 1. The van der Waals surface area contributed by atoms with Gasteiger partial charge in [-0.2, -0.15) is 0 Å². The van der Waals surface area contributed by atoms with Crippen LogP contribution in [0, 0.1) is 13.8 Å². The van der Waals surface area contributed by atoms with Gasteiger partial charge in [-0.3, -0.25) is 4.79 Å². The molecule has 2 rings (SSSR count). The molecule has 0 saturated carbocycles. The van der Waals surface area contributed by atoms with Gasteiger partial charge in [-0.15, -0.1) is 0 Å². The minimum Gasteiger partial charge on any atom is -0.357 e. The molecule has 4 heteroatoms. The summed E-state index contributed by atoms with van der Waals surface area (Å²) in [7, 11) is 0. The molecule has 2 N–H and O–H groups in total. The van der Waals surface area contributed by atoms with Gasteiger partial charge in [0.25, 0.3) is 5.91 Å². The van der Waals surface area contributed by atoms with Crippen molar-refractivity contribution < 1.29 is 4.79 Å². The van der Waals surface area contributed by atoms with E-state index in [0.29, 0.717) is 5.69 Å². The Labute approximate surface area is 108 Å². The zero-order chi connectivity index (χ0) is 12.4. The van der Waals surface area contributed by atoms with Crippen LogP contribution < -0.4 is 5.32 Å². The van der Waals surface area contributed by atoms with Crippen LogP contribution in [0.4, 0.5) is 5.69 Å². The highest BCUT2D eigenvalue weighted by Crippen LogP contribution is 2.28. The Hall–Kier alpha value is -1.55. The number of carbonyl (C=O) groups excluding carboxylic acids is 1. The lowest BCUT2D eigenvalue weighted by Crippen LogP contribution is -2.13. The van der Waals surface area contributed by atoms with Gasteiger partial charge in [0, 0.05) is 10.7 Å². The standard InChI is InChI=1S/C13H13BrN2O/c1-8-6-9(2)12(10(14)7-8)16-13(17)11-4-3-5-15-11/h3-7,15H,1-2H3,(H,16,17). The molecular weight excluding hydrogens is 280 g/mol. The Morgan fingerprint density at radius 2 is 2.12 bits per heavy atom. The molecule has 0 spiro atoms. The smallest absolute Gasteiger partial charge is 0.272 e. The van der Waals surface area contributed by atoms with Crippen LogP contribution >= 0.6 is 15.9 Å². The number of aromatic amines is 1. The minimum atomic E-state index is -0.136. The van der Waals surface area contributed by atoms with E-state index in [1.54, 1.807) is 18.3 Å². The monoisotopic (exact) mass is 292 g/mol. The number of aromatic nitrogens is 1. The molecule has 0 bridgehead atoms. The molecule has 0 aliphatic heterocycles. The van der Waals surface area contributed by atoms with Gasteiger partial charge < -0.3 is 10.3 Å². The quantitative estimate of drug-likeness (QED) is 0.872. The first-order valence-electron chi connectivity index (χ1n) is 5.29. The lowest BCUT2D eigenvalue weighted by Gasteiger charge is -2.11. The van der Waals surface area contributed by atoms with Gasteiger partial charge >= 0.3 is 0 Å². The van der Waals surface area contributed by atoms with Crippen molar-refractivity contribution in [3.05, 3.63) is 51.8 Å². The molecule has 1 amide bonds. The Bertz CT molecular complexity index is 524. The molecule has 0 unspecified atom stereocenters. The number of hydrogen-bond acceptors (Lipinski definition) is 1. The highest BCUT2D eigenvalue weighted by atomic mass is 79.9. The largest absolute Gasteiger partial charge is 0.357 e. The summed E-state index contributed by atoms with van der Waals surface area (Å²) >= 11 is 3.46. The first-order chi connectivity index (χ1) is 8.08. The van der Waals surface area contributed by atoms with Crippen molar-refractivity contribution in [2.24, 2.45) is 0 Å². The summed E-state index contributed by atoms with van der Waals surface area (Å²) in [6.07, 6.45) is 1.73. The Morgan fingerprint density at radius 3 is 2.71 bits per heavy atom. The first-order valence-corrected chi connectivity index (χ1v) is 6.08. The molecule has 1 aromatic carbocycles. The molecule has 17 heavy (non-hydrogen) atoms. The summed E-state index contributed by atoms with van der Waals surface area (Å²) < 4.78 is 0.898. The molecule has 0 atom stereocenters. The topological polar surface area (TPSA) is 44.9 Å². The van der Waals surface area contributed by atoms with Gasteiger partial charge in [-0.25, -0.2) is 0 Å². The summed E-state index contributed by atoms with van der Waals surface area (Å²) in [5, 5.41) is 2.89. The Kier molecular flexibility index (Phi) is 3.33. The molecule has 0 radical (unpaired) electrons. The number of carbonyl (C=O) groups is 1. The maximum absolute atomic E-state index is 11.9. The molecule has 0 aliphatic rings. The second kappa shape index (κ2) is 4.75. The zero-order valence-corrected chi connectivity index (χ0v) is 11.3. The normalized spacial score (nSPS) is 10.3. The fraction of sp³-hybridized carbons (Fsp3) is 0.154. The van der Waals surface area contributed by atoms with Crippen molar-refractivity contribution in [3.63, 3.8) is 0 Å². The van der Waals surface area contributed by atoms with Crippen molar-refractivity contribution in [3.8, 4) is 0 Å². The number of rotatable bonds is 2. The number of benzene rings is 1. The van der Waals surface area contributed by atoms with Crippen LogP contribution in [0.3, 0.4) is 0 Å². The number of nitrogens with one attached hydrogen (secondary N) is 2. The van der Waals surface area contributed by atoms with Gasteiger partial charge in [-0.05, 0) is 59.1 Å². The summed E-state index contributed by atoms with van der Waals surface area (Å²) in [5.41, 5.74) is 3.57. The summed E-state index contributed by atoms with van der Waals surface area (Å²) in [5.74, 6) is -0.136. The van der Waals surface area contributed by atoms with Crippen molar-refractivity contribution in [2.45, 2.75) is 13.8 Å². The molecule has 3 nitrogen and oxygen atoms in total. The van der Waals surface area contributed by atoms with Gasteiger partial charge in [0.05, 0.1) is 5.69 Å². The van der Waals surface area contributed by atoms with Gasteiger partial charge in [0.2, 0.25) is 0 Å². The molecule has 1 heterocycles. The van der Waals surface area contributed by atoms with Crippen molar-refractivity contribution in [2.75, 3.05) is 5.32 Å². The molecule has 0 saturated heterocycles. The number of amides is 1. The van der Waals surface area contributed by atoms with Crippen LogP contribution in [0.15, 0.2) is 34.9 Å². The average Bonchev–Trinajstić information content (AvgIpc) is 2.76. The van der Waals surface area contributed by atoms with E-state index in [4.69, 9.17) is 0 Å². The number of H-pyrrole nitrogens is 1. The average molecular weight is 293 g/mol. The maximum atomic E-state index is 11.9. The number of halogens is 1. The van der Waals surface area contributed by atoms with E-state index >= 15 is 0 Å². The number of aryl methyl sites for hydroxylation is 2. The van der Waals surface area contributed by atoms with Crippen LogP contribution in [0.1, 0.15) is 21.6 Å². The number of hydrogen-bond donors (Lipinski definition) is 2. The van der Waals surface area contributed by atoms with E-state index in [-0.39, 0.29) is 5.91 Å². The van der Waals surface area contributed by atoms with E-state index in [1.807, 2.05) is 26.0 Å². The highest BCUT2D eigenvalue weighted by Gasteiger charge is 2.11. The highest BCUT2D eigenvalue weighted by molar-refractivity contribution is 9.10. The lowest BCUT2D eigenvalue weighted by molar-refractivity contribution is 0.102. The predicted octanol–water partition coefficient (Wildman–Crippen LogP) is 3.65. The van der Waals surface area contributed by atoms with E-state index in [1.165, 1.54) is 0 Å². The third-order valence-electron chi connectivity index (χ3n) is 2.51. The second-order valence-corrected chi connectivity index (χ2v) is 4.83. The van der Waals surface area contributed by atoms with E-state index in [2.05, 4.69) is 26.2 Å². The molecular formula is C13H13BrN2O. The fourth-order valence-electron chi connectivity index (χ4n) is 1.73. The van der Waals surface area contributed by atoms with Crippen LogP contribution in [0.25, 0.3) is 0 Å². The Balaban J connectivity index is 2.28. The summed E-state index contributed by atoms with van der Waals surface area (Å²) in [6.45, 7) is 4.00. The summed E-state index contributed by atoms with van der Waals surface area (Å²) in [4.78, 5) is 14.8. The van der Waals surface area contributed by atoms with Crippen LogP contribution in [-0.4, -0.2) is 10.9 Å². The van der Waals surface area contributed by atoms with Crippen molar-refractivity contribution >= 4 is 27.5 Å². The Morgan fingerprint density at radius 1 is 1.35 bits per heavy atom. The van der Waals surface area contributed by atoms with E-state index < -0.39 is 0 Å². The molecule has 88 valence electrons. The van der Waals surface area contributed by atoms with Gasteiger partial charge in [0.1, 0.15) is 5.69 Å². The third-order valence-corrected chi connectivity index (χ3v) is 3.14. The van der Waals surface area contributed by atoms with Crippen LogP contribution in [0.5, 0.6) is 0 Å². The molecule has 0 aliphatic carbocycles.